The molecule has 2 unspecified atom stereocenters. The van der Waals surface area contributed by atoms with Gasteiger partial charge in [0.2, 0.25) is 0 Å². The Kier molecular flexibility index (Phi) is 5.70. The molecule has 148 valence electrons. The monoisotopic (exact) mass is 438 g/mol. The summed E-state index contributed by atoms with van der Waals surface area (Å²) in [5.41, 5.74) is 2.16. The summed E-state index contributed by atoms with van der Waals surface area (Å²) in [5, 5.41) is 0.596. The summed E-state index contributed by atoms with van der Waals surface area (Å²) in [6.45, 7) is 8.96. The van der Waals surface area contributed by atoms with Crippen molar-refractivity contribution in [2.75, 3.05) is 38.2 Å². The lowest BCUT2D eigenvalue weighted by Gasteiger charge is -2.26. The third-order valence-corrected chi connectivity index (χ3v) is 5.75. The lowest BCUT2D eigenvalue weighted by molar-refractivity contribution is 0.0282. The number of nitrogens with zero attached hydrogens (tertiary/aromatic N) is 2. The molecule has 7 heteroatoms. The molecule has 2 saturated heterocycles. The summed E-state index contributed by atoms with van der Waals surface area (Å²) in [7, 11) is 1.40. The van der Waals surface area contributed by atoms with E-state index in [1.807, 2.05) is 43.9 Å². The number of esters is 1. The van der Waals surface area contributed by atoms with E-state index in [0.29, 0.717) is 22.7 Å². The molecule has 2 aliphatic heterocycles. The van der Waals surface area contributed by atoms with E-state index < -0.39 is 5.60 Å². The minimum Gasteiger partial charge on any atom is -0.465 e. The Hall–Kier alpha value is -1.76. The number of benzene rings is 1. The van der Waals surface area contributed by atoms with Crippen LogP contribution in [0.4, 0.5) is 10.5 Å². The Morgan fingerprint density at radius 2 is 1.78 bits per heavy atom. The first kappa shape index (κ1) is 20.0. The molecule has 1 amide bonds. The van der Waals surface area contributed by atoms with Crippen molar-refractivity contribution in [1.29, 1.82) is 0 Å². The summed E-state index contributed by atoms with van der Waals surface area (Å²) in [4.78, 5) is 28.4. The number of hydrogen-bond donors (Lipinski definition) is 0. The molecule has 6 nitrogen and oxygen atoms in total. The molecule has 0 aromatic heterocycles. The first-order valence-corrected chi connectivity index (χ1v) is 10.3. The first-order valence-electron chi connectivity index (χ1n) is 9.22. The van der Waals surface area contributed by atoms with Crippen LogP contribution in [-0.4, -0.2) is 55.9 Å². The van der Waals surface area contributed by atoms with Crippen LogP contribution in [0.5, 0.6) is 0 Å². The molecule has 2 aliphatic rings. The molecule has 2 heterocycles. The molecular formula is C20H27BrN2O4. The lowest BCUT2D eigenvalue weighted by atomic mass is 10.0. The van der Waals surface area contributed by atoms with Crippen LogP contribution < -0.4 is 4.90 Å². The average Bonchev–Trinajstić information content (AvgIpc) is 3.18. The van der Waals surface area contributed by atoms with Crippen molar-refractivity contribution in [2.45, 2.75) is 31.7 Å². The fourth-order valence-corrected chi connectivity index (χ4v) is 4.34. The Balaban J connectivity index is 1.65. The Bertz CT molecular complexity index is 717. The molecule has 1 aromatic carbocycles. The van der Waals surface area contributed by atoms with Gasteiger partial charge in [-0.1, -0.05) is 15.9 Å². The maximum Gasteiger partial charge on any atom is 0.410 e. The van der Waals surface area contributed by atoms with Crippen molar-refractivity contribution < 1.29 is 19.1 Å². The number of rotatable bonds is 3. The second kappa shape index (κ2) is 7.70. The van der Waals surface area contributed by atoms with E-state index >= 15 is 0 Å². The van der Waals surface area contributed by atoms with Crippen LogP contribution >= 0.6 is 15.9 Å². The molecule has 0 bridgehead atoms. The molecule has 0 saturated carbocycles. The van der Waals surface area contributed by atoms with E-state index in [1.54, 1.807) is 0 Å². The fraction of sp³-hybridized carbons (Fsp3) is 0.600. The largest absolute Gasteiger partial charge is 0.465 e. The number of amides is 1. The van der Waals surface area contributed by atoms with Gasteiger partial charge in [-0.2, -0.15) is 0 Å². The molecule has 27 heavy (non-hydrogen) atoms. The second-order valence-corrected chi connectivity index (χ2v) is 8.84. The number of ether oxygens (including phenoxy) is 2. The lowest BCUT2D eigenvalue weighted by Crippen LogP contribution is -2.37. The van der Waals surface area contributed by atoms with Gasteiger partial charge in [-0.25, -0.2) is 9.59 Å². The SMILES string of the molecule is COC(=O)c1ccc(N2CC3CN(C(=O)OC(C)(C)C)CC3C2)cc1CBr. The van der Waals surface area contributed by atoms with Gasteiger partial charge < -0.3 is 19.3 Å². The van der Waals surface area contributed by atoms with Gasteiger partial charge >= 0.3 is 12.1 Å². The highest BCUT2D eigenvalue weighted by Crippen LogP contribution is 2.35. The van der Waals surface area contributed by atoms with E-state index in [1.165, 1.54) is 7.11 Å². The normalized spacial score (nSPS) is 22.0. The van der Waals surface area contributed by atoms with Gasteiger partial charge in [0, 0.05) is 49.0 Å². The minimum atomic E-state index is -0.464. The second-order valence-electron chi connectivity index (χ2n) is 8.28. The molecule has 3 rings (SSSR count). The highest BCUT2D eigenvalue weighted by Gasteiger charge is 2.42. The van der Waals surface area contributed by atoms with E-state index in [4.69, 9.17) is 9.47 Å². The molecule has 0 aliphatic carbocycles. The molecule has 2 atom stereocenters. The number of methoxy groups -OCH3 is 1. The van der Waals surface area contributed by atoms with Gasteiger partial charge in [0.05, 0.1) is 12.7 Å². The van der Waals surface area contributed by atoms with Crippen molar-refractivity contribution in [2.24, 2.45) is 11.8 Å². The fourth-order valence-electron chi connectivity index (χ4n) is 3.88. The van der Waals surface area contributed by atoms with Gasteiger partial charge in [-0.05, 0) is 44.5 Å². The molecule has 0 spiro atoms. The highest BCUT2D eigenvalue weighted by molar-refractivity contribution is 9.08. The molecule has 1 aromatic rings. The maximum atomic E-state index is 12.3. The molecule has 0 N–H and O–H groups in total. The van der Waals surface area contributed by atoms with Gasteiger partial charge in [0.25, 0.3) is 0 Å². The smallest absolute Gasteiger partial charge is 0.410 e. The van der Waals surface area contributed by atoms with Crippen LogP contribution in [0.2, 0.25) is 0 Å². The van der Waals surface area contributed by atoms with Crippen LogP contribution in [0.25, 0.3) is 0 Å². The Labute approximate surface area is 168 Å². The predicted octanol–water partition coefficient (Wildman–Crippen LogP) is 3.67. The van der Waals surface area contributed by atoms with Crippen molar-refractivity contribution in [1.82, 2.24) is 4.90 Å². The summed E-state index contributed by atoms with van der Waals surface area (Å²) in [6, 6.07) is 5.86. The van der Waals surface area contributed by atoms with Crippen LogP contribution in [0.15, 0.2) is 18.2 Å². The van der Waals surface area contributed by atoms with Crippen molar-refractivity contribution in [3.8, 4) is 0 Å². The van der Waals surface area contributed by atoms with Crippen LogP contribution in [0.3, 0.4) is 0 Å². The summed E-state index contributed by atoms with van der Waals surface area (Å²) >= 11 is 3.46. The zero-order chi connectivity index (χ0) is 19.8. The maximum absolute atomic E-state index is 12.3. The van der Waals surface area contributed by atoms with Gasteiger partial charge in [-0.3, -0.25) is 0 Å². The zero-order valence-corrected chi connectivity index (χ0v) is 17.9. The zero-order valence-electron chi connectivity index (χ0n) is 16.3. The summed E-state index contributed by atoms with van der Waals surface area (Å²) < 4.78 is 10.3. The van der Waals surface area contributed by atoms with E-state index in [0.717, 1.165) is 37.4 Å². The molecule has 2 fully saturated rings. The summed E-state index contributed by atoms with van der Waals surface area (Å²) in [5.74, 6) is 0.581. The van der Waals surface area contributed by atoms with Gasteiger partial charge in [-0.15, -0.1) is 0 Å². The average molecular weight is 439 g/mol. The van der Waals surface area contributed by atoms with Gasteiger partial charge in [0.15, 0.2) is 0 Å². The number of hydrogen-bond acceptors (Lipinski definition) is 5. The Morgan fingerprint density at radius 1 is 1.15 bits per heavy atom. The minimum absolute atomic E-state index is 0.215. The van der Waals surface area contributed by atoms with Crippen LogP contribution in [-0.2, 0) is 14.8 Å². The summed E-state index contributed by atoms with van der Waals surface area (Å²) in [6.07, 6.45) is -0.215. The number of halogens is 1. The number of carbonyl (C=O) groups excluding carboxylic acids is 2. The number of likely N-dealkylation sites (tertiary alicyclic amines) is 1. The third kappa shape index (κ3) is 4.39. The van der Waals surface area contributed by atoms with Crippen molar-refractivity contribution in [3.05, 3.63) is 29.3 Å². The van der Waals surface area contributed by atoms with E-state index in [-0.39, 0.29) is 12.1 Å². The Morgan fingerprint density at radius 3 is 2.30 bits per heavy atom. The van der Waals surface area contributed by atoms with Crippen molar-refractivity contribution >= 4 is 33.7 Å². The number of fused-ring (bicyclic) bond motifs is 1. The topological polar surface area (TPSA) is 59.1 Å². The third-order valence-electron chi connectivity index (χ3n) is 5.14. The van der Waals surface area contributed by atoms with Crippen molar-refractivity contribution in [3.63, 3.8) is 0 Å². The highest BCUT2D eigenvalue weighted by atomic mass is 79.9. The first-order chi connectivity index (χ1) is 12.7. The number of carbonyl (C=O) groups is 2. The molecule has 0 radical (unpaired) electrons. The van der Waals surface area contributed by atoms with Crippen LogP contribution in [0, 0.1) is 11.8 Å². The van der Waals surface area contributed by atoms with E-state index in [2.05, 4.69) is 20.8 Å². The van der Waals surface area contributed by atoms with E-state index in [9.17, 15) is 9.59 Å². The number of anilines is 1. The number of alkyl halides is 1. The van der Waals surface area contributed by atoms with Gasteiger partial charge in [0.1, 0.15) is 5.60 Å². The predicted molar refractivity (Wildman–Crippen MR) is 107 cm³/mol. The quantitative estimate of drug-likeness (QED) is 0.532. The molecular weight excluding hydrogens is 412 g/mol. The van der Waals surface area contributed by atoms with Crippen LogP contribution in [0.1, 0.15) is 36.7 Å². The standard InChI is InChI=1S/C20H27BrN2O4/c1-20(2,3)27-19(25)23-11-14-9-22(10-15(14)12-23)16-5-6-17(18(24)26-4)13(7-16)8-21/h5-7,14-15H,8-12H2,1-4H3.